The molecule has 0 spiro atoms. The van der Waals surface area contributed by atoms with E-state index in [1.807, 2.05) is 18.2 Å². The molecule has 0 radical (unpaired) electrons. The fraction of sp³-hybridized carbons (Fsp3) is 0.333. The van der Waals surface area contributed by atoms with Gasteiger partial charge in [0.1, 0.15) is 12.4 Å². The molecule has 0 atom stereocenters. The Labute approximate surface area is 93.9 Å². The van der Waals surface area contributed by atoms with Gasteiger partial charge in [0.05, 0.1) is 6.54 Å². The first-order valence-corrected chi connectivity index (χ1v) is 4.42. The minimum Gasteiger partial charge on any atom is -1.00 e. The number of benzene rings is 1. The van der Waals surface area contributed by atoms with Crippen LogP contribution in [0.1, 0.15) is 0 Å². The van der Waals surface area contributed by atoms with Crippen LogP contribution in [0, 0.1) is 0 Å². The summed E-state index contributed by atoms with van der Waals surface area (Å²) in [6.45, 7) is 1.59. The molecule has 1 aliphatic heterocycles. The molecule has 1 heterocycles. The van der Waals surface area contributed by atoms with Crippen molar-refractivity contribution in [3.05, 3.63) is 18.2 Å². The van der Waals surface area contributed by atoms with Crippen molar-refractivity contribution in [2.45, 2.75) is 0 Å². The smallest absolute Gasteiger partial charge is 0.231 e. The maximum absolute atomic E-state index is 5.43. The van der Waals surface area contributed by atoms with E-state index in [1.54, 1.807) is 0 Å². The zero-order valence-corrected chi connectivity index (χ0v) is 8.92. The van der Waals surface area contributed by atoms with Crippen LogP contribution in [0.2, 0.25) is 0 Å². The van der Waals surface area contributed by atoms with Gasteiger partial charge in [-0.25, -0.2) is 0 Å². The average Bonchev–Trinajstić information content (AvgIpc) is 2.65. The zero-order valence-electron chi connectivity index (χ0n) is 8.16. The van der Waals surface area contributed by atoms with E-state index in [4.69, 9.17) is 14.2 Å². The summed E-state index contributed by atoms with van der Waals surface area (Å²) in [7, 11) is 0. The molecule has 15 heavy (non-hydrogen) atoms. The molecule has 1 aromatic rings. The molecule has 0 amide bonds. The van der Waals surface area contributed by atoms with Gasteiger partial charge in [-0.2, -0.15) is 5.43 Å². The van der Waals surface area contributed by atoms with Gasteiger partial charge in [0.2, 0.25) is 6.79 Å². The first-order chi connectivity index (χ1) is 6.90. The second kappa shape index (κ2) is 5.65. The summed E-state index contributed by atoms with van der Waals surface area (Å²) in [4.78, 5) is 0. The molecule has 0 fully saturated rings. The van der Waals surface area contributed by atoms with E-state index in [2.05, 4.69) is 11.3 Å². The van der Waals surface area contributed by atoms with Gasteiger partial charge >= 0.3 is 0 Å². The fourth-order valence-electron chi connectivity index (χ4n) is 1.21. The number of ether oxygens (including phenoxy) is 3. The molecule has 1 aliphatic rings. The van der Waals surface area contributed by atoms with Gasteiger partial charge in [-0.1, -0.05) is 0 Å². The lowest BCUT2D eigenvalue weighted by atomic mass is 10.3. The van der Waals surface area contributed by atoms with Crippen LogP contribution in [0.15, 0.2) is 18.2 Å². The average molecular weight is 233 g/mol. The minimum absolute atomic E-state index is 0. The first kappa shape index (κ1) is 11.9. The highest BCUT2D eigenvalue weighted by atomic mass is 35.5. The summed E-state index contributed by atoms with van der Waals surface area (Å²) in [5.41, 5.74) is 2.76. The molecule has 84 valence electrons. The van der Waals surface area contributed by atoms with Crippen molar-refractivity contribution >= 4 is 0 Å². The van der Waals surface area contributed by atoms with Crippen molar-refractivity contribution in [2.24, 2.45) is 0 Å². The van der Waals surface area contributed by atoms with Gasteiger partial charge in [0.15, 0.2) is 11.5 Å². The second-order valence-electron chi connectivity index (χ2n) is 2.86. The van der Waals surface area contributed by atoms with E-state index in [0.29, 0.717) is 19.9 Å². The summed E-state index contributed by atoms with van der Waals surface area (Å²) in [5, 5.41) is 0. The van der Waals surface area contributed by atoms with E-state index < -0.39 is 0 Å². The predicted octanol–water partition coefficient (Wildman–Crippen LogP) is -3.46. The molecule has 1 aromatic carbocycles. The number of fused-ring (bicyclic) bond motifs is 1. The third-order valence-electron chi connectivity index (χ3n) is 1.89. The van der Waals surface area contributed by atoms with E-state index in [1.165, 1.54) is 0 Å². The lowest BCUT2D eigenvalue weighted by Gasteiger charge is -2.05. The van der Waals surface area contributed by atoms with Crippen LogP contribution < -0.4 is 37.9 Å². The van der Waals surface area contributed by atoms with Crippen molar-refractivity contribution in [2.75, 3.05) is 19.9 Å². The van der Waals surface area contributed by atoms with E-state index in [-0.39, 0.29) is 12.4 Å². The number of rotatable bonds is 4. The predicted molar refractivity (Wildman–Crippen MR) is 49.0 cm³/mol. The Bertz CT molecular complexity index is 322. The lowest BCUT2D eigenvalue weighted by Crippen LogP contribution is -3.00. The number of nitrogens with one attached hydrogen (secondary N) is 1. The molecular weight excluding hydrogens is 220 g/mol. The van der Waals surface area contributed by atoms with E-state index >= 15 is 0 Å². The Kier molecular flexibility index (Phi) is 4.48. The maximum Gasteiger partial charge on any atom is 0.231 e. The highest BCUT2D eigenvalue weighted by molar-refractivity contribution is 5.46. The topological polar surface area (TPSA) is 67.4 Å². The van der Waals surface area contributed by atoms with Gasteiger partial charge in [-0.3, -0.25) is 5.84 Å². The van der Waals surface area contributed by atoms with Crippen molar-refractivity contribution in [3.63, 3.8) is 0 Å². The van der Waals surface area contributed by atoms with Crippen molar-refractivity contribution in [1.82, 2.24) is 5.43 Å². The van der Waals surface area contributed by atoms with E-state index in [0.717, 1.165) is 17.2 Å². The highest BCUT2D eigenvalue weighted by Crippen LogP contribution is 2.34. The van der Waals surface area contributed by atoms with Gasteiger partial charge in [-0.05, 0) is 12.1 Å². The molecule has 0 bridgehead atoms. The largest absolute Gasteiger partial charge is 1.00 e. The molecule has 6 heteroatoms. The quantitative estimate of drug-likeness (QED) is 0.419. The molecule has 0 aromatic heterocycles. The summed E-state index contributed by atoms with van der Waals surface area (Å²) < 4.78 is 15.8. The molecule has 0 saturated carbocycles. The SMILES string of the molecule is [Cl-].[NH3+]NCCOc1ccc2c(c1)OCO2. The second-order valence-corrected chi connectivity index (χ2v) is 2.86. The van der Waals surface area contributed by atoms with Crippen LogP contribution in [0.25, 0.3) is 0 Å². The highest BCUT2D eigenvalue weighted by Gasteiger charge is 2.13. The Balaban J connectivity index is 0.00000112. The number of hydrogen-bond donors (Lipinski definition) is 2. The fourth-order valence-corrected chi connectivity index (χ4v) is 1.21. The lowest BCUT2D eigenvalue weighted by molar-refractivity contribution is -0.443. The number of hydrogen-bond acceptors (Lipinski definition) is 4. The minimum atomic E-state index is 0. The summed E-state index contributed by atoms with van der Waals surface area (Å²) in [5.74, 6) is 5.79. The Morgan fingerprint density at radius 2 is 2.13 bits per heavy atom. The normalized spacial score (nSPS) is 12.1. The van der Waals surface area contributed by atoms with Crippen molar-refractivity contribution < 1.29 is 32.5 Å². The molecule has 4 N–H and O–H groups in total. The van der Waals surface area contributed by atoms with Crippen LogP contribution >= 0.6 is 0 Å². The number of quaternary nitrogens is 1. The molecule has 5 nitrogen and oxygen atoms in total. The van der Waals surface area contributed by atoms with Crippen molar-refractivity contribution in [1.29, 1.82) is 0 Å². The summed E-state index contributed by atoms with van der Waals surface area (Å²) in [6, 6.07) is 5.53. The molecule has 0 unspecified atom stereocenters. The van der Waals surface area contributed by atoms with Crippen LogP contribution in [0.4, 0.5) is 0 Å². The van der Waals surface area contributed by atoms with Crippen LogP contribution in [0.3, 0.4) is 0 Å². The third kappa shape index (κ3) is 2.89. The standard InChI is InChI=1S/C9H12N2O3.ClH/c10-11-3-4-12-7-1-2-8-9(5-7)14-6-13-8;/h1-2,5,11H,3-4,6,10H2;1H. The Hall–Kier alpha value is -1.17. The molecule has 2 rings (SSSR count). The van der Waals surface area contributed by atoms with Gasteiger partial charge in [0.25, 0.3) is 0 Å². The first-order valence-electron chi connectivity index (χ1n) is 4.42. The monoisotopic (exact) mass is 232 g/mol. The third-order valence-corrected chi connectivity index (χ3v) is 1.89. The Morgan fingerprint density at radius 1 is 1.33 bits per heavy atom. The van der Waals surface area contributed by atoms with Gasteiger partial charge < -0.3 is 26.6 Å². The van der Waals surface area contributed by atoms with E-state index in [9.17, 15) is 0 Å². The molecular formula is C9H13ClN2O3. The Morgan fingerprint density at radius 3 is 2.93 bits per heavy atom. The van der Waals surface area contributed by atoms with Crippen LogP contribution in [-0.4, -0.2) is 19.9 Å². The van der Waals surface area contributed by atoms with Crippen LogP contribution in [-0.2, 0) is 0 Å². The van der Waals surface area contributed by atoms with Crippen LogP contribution in [0.5, 0.6) is 17.2 Å². The van der Waals surface area contributed by atoms with Gasteiger partial charge in [-0.15, -0.1) is 0 Å². The number of halogens is 1. The molecule has 0 aliphatic carbocycles. The van der Waals surface area contributed by atoms with Crippen molar-refractivity contribution in [3.8, 4) is 17.2 Å². The zero-order chi connectivity index (χ0) is 9.80. The van der Waals surface area contributed by atoms with Gasteiger partial charge in [0, 0.05) is 6.07 Å². The maximum atomic E-state index is 5.43. The molecule has 0 saturated heterocycles. The summed E-state index contributed by atoms with van der Waals surface area (Å²) >= 11 is 0. The summed E-state index contributed by atoms with van der Waals surface area (Å²) in [6.07, 6.45) is 0.